The summed E-state index contributed by atoms with van der Waals surface area (Å²) in [6, 6.07) is 48.7. The minimum absolute atomic E-state index is 0.355. The van der Waals surface area contributed by atoms with Crippen LogP contribution in [0, 0.1) is 0 Å². The molecule has 3 heteroatoms. The van der Waals surface area contributed by atoms with Crippen LogP contribution in [0.2, 0.25) is 0 Å². The molecule has 0 aliphatic heterocycles. The topological polar surface area (TPSA) is 20.2 Å². The standard InChI is InChI=1S/C30H24OP2/c31-29-22-21-28(32(24-13-5-1-6-14-24)25-15-7-2-8-16-25)23-30(29)33(26-17-9-3-10-18-26)27-19-11-4-12-20-27/h1-23,31H. The predicted octanol–water partition coefficient (Wildman–Crippen LogP) is 4.91. The fourth-order valence-corrected chi connectivity index (χ4v) is 8.80. The van der Waals surface area contributed by atoms with E-state index < -0.39 is 15.8 Å². The lowest BCUT2D eigenvalue weighted by Gasteiger charge is -2.24. The van der Waals surface area contributed by atoms with Gasteiger partial charge in [0.25, 0.3) is 0 Å². The summed E-state index contributed by atoms with van der Waals surface area (Å²) in [6.07, 6.45) is 0. The van der Waals surface area contributed by atoms with Crippen molar-refractivity contribution in [2.75, 3.05) is 0 Å². The van der Waals surface area contributed by atoms with E-state index in [1.165, 1.54) is 26.5 Å². The Labute approximate surface area is 197 Å². The first-order valence-corrected chi connectivity index (χ1v) is 13.6. The second-order valence-electron chi connectivity index (χ2n) is 7.69. The Bertz CT molecular complexity index is 1230. The van der Waals surface area contributed by atoms with E-state index in [1.54, 1.807) is 0 Å². The van der Waals surface area contributed by atoms with Crippen LogP contribution in [0.4, 0.5) is 0 Å². The zero-order chi connectivity index (χ0) is 22.5. The SMILES string of the molecule is Oc1ccc(P(c2ccccc2)c2ccccc2)cc1P(c1ccccc1)c1ccccc1. The van der Waals surface area contributed by atoms with Crippen LogP contribution in [0.15, 0.2) is 140 Å². The molecule has 0 heterocycles. The lowest BCUT2D eigenvalue weighted by atomic mass is 10.3. The Morgan fingerprint density at radius 3 is 1.12 bits per heavy atom. The second-order valence-corrected chi connectivity index (χ2v) is 12.1. The number of aromatic hydroxyl groups is 1. The van der Waals surface area contributed by atoms with Gasteiger partial charge in [-0.1, -0.05) is 127 Å². The van der Waals surface area contributed by atoms with Crippen LogP contribution in [0.25, 0.3) is 0 Å². The second kappa shape index (κ2) is 10.1. The fraction of sp³-hybridized carbons (Fsp3) is 0. The molecule has 1 nitrogen and oxygen atoms in total. The minimum Gasteiger partial charge on any atom is -0.507 e. The third-order valence-corrected chi connectivity index (χ3v) is 10.4. The molecule has 0 aliphatic rings. The molecule has 0 radical (unpaired) electrons. The van der Waals surface area contributed by atoms with Gasteiger partial charge in [-0.3, -0.25) is 0 Å². The first-order chi connectivity index (χ1) is 16.3. The molecule has 0 unspecified atom stereocenters. The van der Waals surface area contributed by atoms with Crippen LogP contribution in [-0.2, 0) is 0 Å². The lowest BCUT2D eigenvalue weighted by Crippen LogP contribution is -2.26. The van der Waals surface area contributed by atoms with E-state index in [-0.39, 0.29) is 0 Å². The Balaban J connectivity index is 1.69. The summed E-state index contributed by atoms with van der Waals surface area (Å²) in [4.78, 5) is 0. The number of phenolic OH excluding ortho intramolecular Hbond substituents is 1. The molecule has 0 spiro atoms. The molecule has 5 aromatic rings. The predicted molar refractivity (Wildman–Crippen MR) is 146 cm³/mol. The maximum absolute atomic E-state index is 11.1. The van der Waals surface area contributed by atoms with Crippen molar-refractivity contribution in [3.8, 4) is 5.75 Å². The van der Waals surface area contributed by atoms with Gasteiger partial charge in [0, 0.05) is 5.30 Å². The molecule has 5 aromatic carbocycles. The summed E-state index contributed by atoms with van der Waals surface area (Å²) in [7, 11) is -1.62. The van der Waals surface area contributed by atoms with Crippen molar-refractivity contribution in [1.82, 2.24) is 0 Å². The normalized spacial score (nSPS) is 11.1. The molecule has 0 bridgehead atoms. The molecule has 0 amide bonds. The number of hydrogen-bond donors (Lipinski definition) is 1. The summed E-state index contributed by atoms with van der Waals surface area (Å²) >= 11 is 0. The fourth-order valence-electron chi connectivity index (χ4n) is 4.01. The Kier molecular flexibility index (Phi) is 6.63. The maximum Gasteiger partial charge on any atom is 0.123 e. The molecule has 0 fully saturated rings. The average molecular weight is 462 g/mol. The van der Waals surface area contributed by atoms with E-state index in [4.69, 9.17) is 0 Å². The highest BCUT2D eigenvalue weighted by Crippen LogP contribution is 2.38. The van der Waals surface area contributed by atoms with Gasteiger partial charge < -0.3 is 5.11 Å². The molecule has 1 N–H and O–H groups in total. The van der Waals surface area contributed by atoms with Crippen LogP contribution in [-0.4, -0.2) is 5.11 Å². The van der Waals surface area contributed by atoms with Crippen LogP contribution >= 0.6 is 15.8 Å². The van der Waals surface area contributed by atoms with Gasteiger partial charge in [0.15, 0.2) is 0 Å². The van der Waals surface area contributed by atoms with Crippen LogP contribution in [0.1, 0.15) is 0 Å². The number of phenols is 1. The Morgan fingerprint density at radius 2 is 0.727 bits per heavy atom. The van der Waals surface area contributed by atoms with Crippen molar-refractivity contribution in [2.45, 2.75) is 0 Å². The third-order valence-electron chi connectivity index (χ3n) is 5.52. The lowest BCUT2D eigenvalue weighted by molar-refractivity contribution is 0.480. The van der Waals surface area contributed by atoms with E-state index in [1.807, 2.05) is 18.2 Å². The van der Waals surface area contributed by atoms with Crippen molar-refractivity contribution in [1.29, 1.82) is 0 Å². The minimum atomic E-state index is -0.885. The van der Waals surface area contributed by atoms with Gasteiger partial charge in [-0.15, -0.1) is 0 Å². The first kappa shape index (κ1) is 21.6. The van der Waals surface area contributed by atoms with E-state index >= 15 is 0 Å². The van der Waals surface area contributed by atoms with Crippen molar-refractivity contribution < 1.29 is 5.11 Å². The maximum atomic E-state index is 11.1. The molecule has 5 rings (SSSR count). The van der Waals surface area contributed by atoms with Gasteiger partial charge in [0.1, 0.15) is 5.75 Å². The average Bonchev–Trinajstić information content (AvgIpc) is 2.89. The zero-order valence-electron chi connectivity index (χ0n) is 18.1. The molecular weight excluding hydrogens is 438 g/mol. The van der Waals surface area contributed by atoms with Gasteiger partial charge in [0.05, 0.1) is 0 Å². The highest BCUT2D eigenvalue weighted by atomic mass is 31.1. The molecule has 0 aromatic heterocycles. The molecule has 0 saturated carbocycles. The Hall–Kier alpha value is -3.24. The molecule has 0 aliphatic carbocycles. The van der Waals surface area contributed by atoms with E-state index in [9.17, 15) is 5.11 Å². The summed E-state index contributed by atoms with van der Waals surface area (Å²) < 4.78 is 0. The molecule has 0 saturated heterocycles. The quantitative estimate of drug-likeness (QED) is 0.356. The van der Waals surface area contributed by atoms with Crippen molar-refractivity contribution in [3.63, 3.8) is 0 Å². The van der Waals surface area contributed by atoms with Crippen molar-refractivity contribution >= 4 is 47.7 Å². The summed E-state index contributed by atoms with van der Waals surface area (Å²) in [5.74, 6) is 0.355. The zero-order valence-corrected chi connectivity index (χ0v) is 19.9. The number of benzene rings is 5. The van der Waals surface area contributed by atoms with Gasteiger partial charge in [-0.2, -0.15) is 0 Å². The van der Waals surface area contributed by atoms with E-state index in [0.717, 1.165) is 5.30 Å². The van der Waals surface area contributed by atoms with Crippen molar-refractivity contribution in [3.05, 3.63) is 140 Å². The summed E-state index contributed by atoms with van der Waals surface area (Å²) in [5, 5.41) is 18.4. The van der Waals surface area contributed by atoms with Crippen LogP contribution in [0.3, 0.4) is 0 Å². The Morgan fingerprint density at radius 1 is 0.364 bits per heavy atom. The monoisotopic (exact) mass is 462 g/mol. The largest absolute Gasteiger partial charge is 0.507 e. The van der Waals surface area contributed by atoms with E-state index in [2.05, 4.69) is 121 Å². The molecule has 33 heavy (non-hydrogen) atoms. The van der Waals surface area contributed by atoms with Gasteiger partial charge >= 0.3 is 0 Å². The molecule has 160 valence electrons. The van der Waals surface area contributed by atoms with Gasteiger partial charge in [-0.05, 0) is 54.5 Å². The first-order valence-electron chi connectivity index (χ1n) is 10.9. The smallest absolute Gasteiger partial charge is 0.123 e. The third kappa shape index (κ3) is 4.76. The molecule has 0 atom stereocenters. The van der Waals surface area contributed by atoms with Crippen LogP contribution < -0.4 is 31.8 Å². The van der Waals surface area contributed by atoms with Crippen LogP contribution in [0.5, 0.6) is 5.75 Å². The summed E-state index contributed by atoms with van der Waals surface area (Å²) in [5.41, 5.74) is 0. The summed E-state index contributed by atoms with van der Waals surface area (Å²) in [6.45, 7) is 0. The van der Waals surface area contributed by atoms with Gasteiger partial charge in [0.2, 0.25) is 0 Å². The number of rotatable bonds is 6. The number of hydrogen-bond acceptors (Lipinski definition) is 1. The highest BCUT2D eigenvalue weighted by Gasteiger charge is 2.23. The van der Waals surface area contributed by atoms with Crippen molar-refractivity contribution in [2.24, 2.45) is 0 Å². The highest BCUT2D eigenvalue weighted by molar-refractivity contribution is 7.81. The van der Waals surface area contributed by atoms with Gasteiger partial charge in [-0.25, -0.2) is 0 Å². The molecular formula is C30H24OP2. The van der Waals surface area contributed by atoms with E-state index in [0.29, 0.717) is 5.75 Å².